The van der Waals surface area contributed by atoms with Gasteiger partial charge in [0, 0.05) is 11.8 Å². The number of nitrogen functional groups attached to an aromatic ring is 2. The molecule has 0 spiro atoms. The molecule has 29 heavy (non-hydrogen) atoms. The molecule has 1 aromatic carbocycles. The minimum absolute atomic E-state index is 0.0675. The number of hydrazine groups is 1. The zero-order chi connectivity index (χ0) is 21.0. The quantitative estimate of drug-likeness (QED) is 0.275. The van der Waals surface area contributed by atoms with E-state index in [1.165, 1.54) is 7.11 Å². The van der Waals surface area contributed by atoms with E-state index < -0.39 is 11.5 Å². The van der Waals surface area contributed by atoms with Gasteiger partial charge in [0.05, 0.1) is 19.3 Å². The normalized spacial score (nSPS) is 10.4. The van der Waals surface area contributed by atoms with E-state index in [1.54, 1.807) is 30.5 Å². The molecule has 150 valence electrons. The minimum Gasteiger partial charge on any atom is -0.493 e. The van der Waals surface area contributed by atoms with Crippen molar-refractivity contribution in [2.24, 2.45) is 5.84 Å². The highest BCUT2D eigenvalue weighted by Crippen LogP contribution is 2.33. The van der Waals surface area contributed by atoms with Gasteiger partial charge in [-0.25, -0.2) is 20.6 Å². The summed E-state index contributed by atoms with van der Waals surface area (Å²) < 4.78 is 10.4. The average Bonchev–Trinajstić information content (AvgIpc) is 2.75. The Balaban J connectivity index is 2.05. The largest absolute Gasteiger partial charge is 0.493 e. The number of nitrogens with zero attached hydrogens (tertiary/aromatic N) is 2. The lowest BCUT2D eigenvalue weighted by molar-refractivity contribution is 0.0594. The molecule has 0 bridgehead atoms. The SMILES string of the molecule is CCOc1cc(-c2ccc(C(=O)OC)nc2)ccc1-c1nc(NN)c(N)c(=O)[nH]1. The zero-order valence-electron chi connectivity index (χ0n) is 15.9. The fourth-order valence-electron chi connectivity index (χ4n) is 2.68. The number of aromatic nitrogens is 3. The second kappa shape index (κ2) is 8.40. The summed E-state index contributed by atoms with van der Waals surface area (Å²) in [5, 5.41) is 0. The molecule has 3 rings (SSSR count). The molecule has 2 heterocycles. The smallest absolute Gasteiger partial charge is 0.356 e. The maximum atomic E-state index is 12.1. The van der Waals surface area contributed by atoms with Crippen molar-refractivity contribution >= 4 is 17.5 Å². The second-order valence-corrected chi connectivity index (χ2v) is 5.89. The molecule has 0 amide bonds. The van der Waals surface area contributed by atoms with Gasteiger partial charge in [-0.2, -0.15) is 0 Å². The van der Waals surface area contributed by atoms with Crippen LogP contribution in [0.5, 0.6) is 5.75 Å². The number of benzene rings is 1. The second-order valence-electron chi connectivity index (χ2n) is 5.89. The van der Waals surface area contributed by atoms with Gasteiger partial charge in [0.1, 0.15) is 23.0 Å². The van der Waals surface area contributed by atoms with Gasteiger partial charge in [-0.1, -0.05) is 12.1 Å². The van der Waals surface area contributed by atoms with Gasteiger partial charge >= 0.3 is 5.97 Å². The summed E-state index contributed by atoms with van der Waals surface area (Å²) in [6, 6.07) is 8.69. The van der Waals surface area contributed by atoms with Crippen molar-refractivity contribution in [2.45, 2.75) is 6.92 Å². The van der Waals surface area contributed by atoms with Gasteiger partial charge in [-0.3, -0.25) is 4.79 Å². The summed E-state index contributed by atoms with van der Waals surface area (Å²) in [6.45, 7) is 2.24. The first-order valence-electron chi connectivity index (χ1n) is 8.66. The predicted octanol–water partition coefficient (Wildman–Crippen LogP) is 1.55. The van der Waals surface area contributed by atoms with E-state index in [4.69, 9.17) is 16.3 Å². The van der Waals surface area contributed by atoms with E-state index >= 15 is 0 Å². The first-order chi connectivity index (χ1) is 14.0. The molecular weight excluding hydrogens is 376 g/mol. The number of hydrogen-bond donors (Lipinski definition) is 4. The summed E-state index contributed by atoms with van der Waals surface area (Å²) in [5.74, 6) is 5.70. The number of nitrogens with two attached hydrogens (primary N) is 2. The Bertz CT molecular complexity index is 1090. The lowest BCUT2D eigenvalue weighted by Gasteiger charge is -2.13. The Morgan fingerprint density at radius 1 is 1.24 bits per heavy atom. The highest BCUT2D eigenvalue weighted by molar-refractivity contribution is 5.87. The number of carbonyl (C=O) groups excluding carboxylic acids is 1. The molecule has 10 heteroatoms. The van der Waals surface area contributed by atoms with Gasteiger partial charge in [0.25, 0.3) is 5.56 Å². The fraction of sp³-hybridized carbons (Fsp3) is 0.158. The van der Waals surface area contributed by atoms with Crippen molar-refractivity contribution in [3.05, 3.63) is 52.6 Å². The maximum absolute atomic E-state index is 12.1. The third-order valence-corrected chi connectivity index (χ3v) is 4.12. The third-order valence-electron chi connectivity index (χ3n) is 4.12. The number of carbonyl (C=O) groups is 1. The number of hydrogen-bond acceptors (Lipinski definition) is 9. The van der Waals surface area contributed by atoms with E-state index in [0.29, 0.717) is 17.9 Å². The summed E-state index contributed by atoms with van der Waals surface area (Å²) in [6.07, 6.45) is 1.57. The summed E-state index contributed by atoms with van der Waals surface area (Å²) in [5.41, 5.74) is 9.69. The molecule has 3 aromatic rings. The topological polar surface area (TPSA) is 158 Å². The number of nitrogens with one attached hydrogen (secondary N) is 2. The van der Waals surface area contributed by atoms with Gasteiger partial charge in [0.2, 0.25) is 0 Å². The molecule has 0 aliphatic carbocycles. The lowest BCUT2D eigenvalue weighted by atomic mass is 10.0. The van der Waals surface area contributed by atoms with Crippen molar-refractivity contribution in [2.75, 3.05) is 24.9 Å². The van der Waals surface area contributed by atoms with Crippen LogP contribution in [0.2, 0.25) is 0 Å². The van der Waals surface area contributed by atoms with Crippen LogP contribution in [0.4, 0.5) is 11.5 Å². The number of ether oxygens (including phenoxy) is 2. The van der Waals surface area contributed by atoms with Crippen molar-refractivity contribution in [1.82, 2.24) is 15.0 Å². The van der Waals surface area contributed by atoms with E-state index in [2.05, 4.69) is 25.1 Å². The summed E-state index contributed by atoms with van der Waals surface area (Å²) in [4.78, 5) is 34.6. The summed E-state index contributed by atoms with van der Waals surface area (Å²) >= 11 is 0. The molecule has 2 aromatic heterocycles. The Morgan fingerprint density at radius 3 is 2.62 bits per heavy atom. The van der Waals surface area contributed by atoms with E-state index in [1.807, 2.05) is 13.0 Å². The van der Waals surface area contributed by atoms with Crippen LogP contribution < -0.4 is 27.3 Å². The van der Waals surface area contributed by atoms with E-state index in [-0.39, 0.29) is 23.0 Å². The number of H-pyrrole nitrogens is 1. The predicted molar refractivity (Wildman–Crippen MR) is 108 cm³/mol. The highest BCUT2D eigenvalue weighted by atomic mass is 16.5. The van der Waals surface area contributed by atoms with E-state index in [0.717, 1.165) is 11.1 Å². The van der Waals surface area contributed by atoms with Gasteiger partial charge in [-0.15, -0.1) is 0 Å². The molecular formula is C19H20N6O4. The van der Waals surface area contributed by atoms with Crippen LogP contribution in [0, 0.1) is 0 Å². The number of aromatic amines is 1. The summed E-state index contributed by atoms with van der Waals surface area (Å²) in [7, 11) is 1.30. The zero-order valence-corrected chi connectivity index (χ0v) is 15.9. The van der Waals surface area contributed by atoms with Gasteiger partial charge in [-0.05, 0) is 30.7 Å². The van der Waals surface area contributed by atoms with Crippen LogP contribution in [0.15, 0.2) is 41.3 Å². The van der Waals surface area contributed by atoms with Gasteiger partial charge in [0.15, 0.2) is 5.82 Å². The number of methoxy groups -OCH3 is 1. The molecule has 0 atom stereocenters. The van der Waals surface area contributed by atoms with E-state index in [9.17, 15) is 9.59 Å². The van der Waals surface area contributed by atoms with Crippen molar-refractivity contribution in [3.63, 3.8) is 0 Å². The number of anilines is 2. The standard InChI is InChI=1S/C19H20N6O4/c1-3-29-14-8-10(11-5-7-13(22-9-11)19(27)28-2)4-6-12(14)16-23-17(25-21)15(20)18(26)24-16/h4-9H,3,20-21H2,1-2H3,(H2,23,24,25,26). The van der Waals surface area contributed by atoms with Crippen LogP contribution in [0.3, 0.4) is 0 Å². The fourth-order valence-corrected chi connectivity index (χ4v) is 2.68. The highest BCUT2D eigenvalue weighted by Gasteiger charge is 2.15. The molecule has 10 nitrogen and oxygen atoms in total. The van der Waals surface area contributed by atoms with Crippen LogP contribution in [0.1, 0.15) is 17.4 Å². The Hall–Kier alpha value is -3.92. The Morgan fingerprint density at radius 2 is 2.00 bits per heavy atom. The van der Waals surface area contributed by atoms with Crippen LogP contribution in [-0.2, 0) is 4.74 Å². The minimum atomic E-state index is -0.517. The molecule has 0 unspecified atom stereocenters. The molecule has 0 fully saturated rings. The van der Waals surface area contributed by atoms with Crippen LogP contribution in [-0.4, -0.2) is 34.6 Å². The van der Waals surface area contributed by atoms with Crippen molar-refractivity contribution in [1.29, 1.82) is 0 Å². The van der Waals surface area contributed by atoms with Crippen molar-refractivity contribution in [3.8, 4) is 28.3 Å². The van der Waals surface area contributed by atoms with Crippen LogP contribution in [0.25, 0.3) is 22.5 Å². The monoisotopic (exact) mass is 396 g/mol. The average molecular weight is 396 g/mol. The lowest BCUT2D eigenvalue weighted by Crippen LogP contribution is -2.20. The van der Waals surface area contributed by atoms with Crippen molar-refractivity contribution < 1.29 is 14.3 Å². The Labute approximate surface area is 165 Å². The first-order valence-corrected chi connectivity index (χ1v) is 8.66. The molecule has 0 saturated heterocycles. The number of pyridine rings is 1. The molecule has 6 N–H and O–H groups in total. The number of esters is 1. The molecule has 0 aliphatic heterocycles. The molecule has 0 saturated carbocycles. The Kier molecular flexibility index (Phi) is 5.74. The van der Waals surface area contributed by atoms with Gasteiger partial charge < -0.3 is 25.6 Å². The third kappa shape index (κ3) is 4.01. The molecule has 0 radical (unpaired) electrons. The van der Waals surface area contributed by atoms with Crippen LogP contribution >= 0.6 is 0 Å². The molecule has 0 aliphatic rings. The maximum Gasteiger partial charge on any atom is 0.356 e. The first kappa shape index (κ1) is 19.8. The number of rotatable bonds is 6.